The Morgan fingerprint density at radius 2 is 1.82 bits per heavy atom. The van der Waals surface area contributed by atoms with Gasteiger partial charge in [0.05, 0.1) is 4.90 Å². The predicted octanol–water partition coefficient (Wildman–Crippen LogP) is 0.281. The van der Waals surface area contributed by atoms with Crippen molar-refractivity contribution in [1.29, 1.82) is 0 Å². The van der Waals surface area contributed by atoms with E-state index in [4.69, 9.17) is 0 Å². The number of nitrogens with zero attached hydrogens (tertiary/aromatic N) is 3. The monoisotopic (exact) mass is 320 g/mol. The van der Waals surface area contributed by atoms with Crippen LogP contribution in [0.2, 0.25) is 0 Å². The van der Waals surface area contributed by atoms with Crippen LogP contribution in [-0.2, 0) is 10.0 Å². The number of piperazine rings is 1. The first-order chi connectivity index (χ1) is 10.6. The molecule has 7 nitrogen and oxygen atoms in total. The summed E-state index contributed by atoms with van der Waals surface area (Å²) in [7, 11) is -3.57. The molecular formula is C14H16N4O3S. The summed E-state index contributed by atoms with van der Waals surface area (Å²) < 4.78 is 26.5. The zero-order valence-electron chi connectivity index (χ0n) is 11.8. The van der Waals surface area contributed by atoms with Crippen molar-refractivity contribution in [2.75, 3.05) is 31.1 Å². The van der Waals surface area contributed by atoms with Crippen molar-refractivity contribution in [3.63, 3.8) is 0 Å². The minimum Gasteiger partial charge on any atom is -0.354 e. The summed E-state index contributed by atoms with van der Waals surface area (Å²) in [5.41, 5.74) is -0.320. The number of rotatable bonds is 3. The predicted molar refractivity (Wildman–Crippen MR) is 82.3 cm³/mol. The summed E-state index contributed by atoms with van der Waals surface area (Å²) in [5, 5.41) is 0. The van der Waals surface area contributed by atoms with Crippen molar-refractivity contribution in [2.24, 2.45) is 0 Å². The zero-order chi connectivity index (χ0) is 15.6. The van der Waals surface area contributed by atoms with Gasteiger partial charge in [-0.05, 0) is 18.2 Å². The SMILES string of the molecule is O=c1ccc(S(=O)(=O)N2CCN(c3ccccn3)CC2)c[nH]1. The van der Waals surface area contributed by atoms with Gasteiger partial charge in [-0.2, -0.15) is 4.31 Å². The van der Waals surface area contributed by atoms with Crippen molar-refractivity contribution in [3.05, 3.63) is 53.1 Å². The smallest absolute Gasteiger partial charge is 0.247 e. The third kappa shape index (κ3) is 2.88. The number of H-pyrrole nitrogens is 1. The zero-order valence-corrected chi connectivity index (χ0v) is 12.7. The van der Waals surface area contributed by atoms with Crippen molar-refractivity contribution < 1.29 is 8.42 Å². The third-order valence-electron chi connectivity index (χ3n) is 3.61. The van der Waals surface area contributed by atoms with Crippen LogP contribution in [-0.4, -0.2) is 48.9 Å². The maximum absolute atomic E-state index is 12.5. The Hall–Kier alpha value is -2.19. The second-order valence-electron chi connectivity index (χ2n) is 4.97. The van der Waals surface area contributed by atoms with Crippen LogP contribution in [0.5, 0.6) is 0 Å². The molecule has 116 valence electrons. The maximum atomic E-state index is 12.5. The molecule has 1 N–H and O–H groups in total. The molecule has 0 unspecified atom stereocenters. The molecule has 0 spiro atoms. The second kappa shape index (κ2) is 5.90. The number of pyridine rings is 2. The lowest BCUT2D eigenvalue weighted by atomic mass is 10.3. The summed E-state index contributed by atoms with van der Waals surface area (Å²) in [6, 6.07) is 8.22. The van der Waals surface area contributed by atoms with Crippen molar-refractivity contribution >= 4 is 15.8 Å². The van der Waals surface area contributed by atoms with Gasteiger partial charge in [-0.3, -0.25) is 4.79 Å². The van der Waals surface area contributed by atoms with Crippen molar-refractivity contribution in [2.45, 2.75) is 4.90 Å². The molecule has 3 rings (SSSR count). The maximum Gasteiger partial charge on any atom is 0.247 e. The van der Waals surface area contributed by atoms with Gasteiger partial charge in [-0.25, -0.2) is 13.4 Å². The van der Waals surface area contributed by atoms with Crippen LogP contribution >= 0.6 is 0 Å². The molecule has 2 aromatic rings. The summed E-state index contributed by atoms with van der Waals surface area (Å²) >= 11 is 0. The molecule has 0 bridgehead atoms. The summed E-state index contributed by atoms with van der Waals surface area (Å²) in [5.74, 6) is 0.851. The number of hydrogen-bond donors (Lipinski definition) is 1. The van der Waals surface area contributed by atoms with Crippen LogP contribution in [0.25, 0.3) is 0 Å². The molecule has 0 aliphatic carbocycles. The minimum absolute atomic E-state index is 0.110. The van der Waals surface area contributed by atoms with Crippen LogP contribution in [0.4, 0.5) is 5.82 Å². The number of anilines is 1. The molecule has 3 heterocycles. The van der Waals surface area contributed by atoms with Crippen LogP contribution < -0.4 is 10.5 Å². The van der Waals surface area contributed by atoms with Crippen molar-refractivity contribution in [3.8, 4) is 0 Å². The first-order valence-corrected chi connectivity index (χ1v) is 8.36. The average molecular weight is 320 g/mol. The topological polar surface area (TPSA) is 86.4 Å². The Labute approximate surface area is 128 Å². The van der Waals surface area contributed by atoms with Gasteiger partial charge < -0.3 is 9.88 Å². The van der Waals surface area contributed by atoms with E-state index >= 15 is 0 Å². The number of aromatic nitrogens is 2. The van der Waals surface area contributed by atoms with Gasteiger partial charge in [0.2, 0.25) is 15.6 Å². The largest absolute Gasteiger partial charge is 0.354 e. The molecule has 0 aromatic carbocycles. The summed E-state index contributed by atoms with van der Waals surface area (Å²) in [6.07, 6.45) is 2.96. The number of aromatic amines is 1. The van der Waals surface area contributed by atoms with E-state index in [9.17, 15) is 13.2 Å². The van der Waals surface area contributed by atoms with E-state index in [2.05, 4.69) is 14.9 Å². The lowest BCUT2D eigenvalue weighted by Crippen LogP contribution is -2.48. The second-order valence-corrected chi connectivity index (χ2v) is 6.91. The highest BCUT2D eigenvalue weighted by Crippen LogP contribution is 2.18. The third-order valence-corrected chi connectivity index (χ3v) is 5.50. The lowest BCUT2D eigenvalue weighted by Gasteiger charge is -2.34. The summed E-state index contributed by atoms with van der Waals surface area (Å²) in [4.78, 5) is 19.9. The van der Waals surface area contributed by atoms with E-state index in [0.717, 1.165) is 5.82 Å². The van der Waals surface area contributed by atoms with Crippen LogP contribution in [0.3, 0.4) is 0 Å². The molecule has 0 amide bonds. The Balaban J connectivity index is 1.73. The molecule has 2 aromatic heterocycles. The van der Waals surface area contributed by atoms with E-state index in [1.165, 1.54) is 22.6 Å². The van der Waals surface area contributed by atoms with E-state index in [-0.39, 0.29) is 10.5 Å². The molecular weight excluding hydrogens is 304 g/mol. The molecule has 0 atom stereocenters. The number of hydrogen-bond acceptors (Lipinski definition) is 5. The number of sulfonamides is 1. The Morgan fingerprint density at radius 1 is 1.05 bits per heavy atom. The highest BCUT2D eigenvalue weighted by Gasteiger charge is 2.28. The Bertz CT molecular complexity index is 776. The van der Waals surface area contributed by atoms with E-state index in [1.54, 1.807) is 6.20 Å². The van der Waals surface area contributed by atoms with Gasteiger partial charge in [-0.1, -0.05) is 6.07 Å². The normalized spacial score (nSPS) is 16.6. The highest BCUT2D eigenvalue weighted by atomic mass is 32.2. The van der Waals surface area contributed by atoms with Crippen molar-refractivity contribution in [1.82, 2.24) is 14.3 Å². The molecule has 0 saturated carbocycles. The van der Waals surface area contributed by atoms with E-state index < -0.39 is 10.0 Å². The Kier molecular flexibility index (Phi) is 3.95. The fourth-order valence-electron chi connectivity index (χ4n) is 2.40. The number of nitrogens with one attached hydrogen (secondary N) is 1. The lowest BCUT2D eigenvalue weighted by molar-refractivity contribution is 0.383. The molecule has 1 aliphatic heterocycles. The standard InChI is InChI=1S/C14H16N4O3S/c19-14-5-4-12(11-16-14)22(20,21)18-9-7-17(8-10-18)13-3-1-2-6-15-13/h1-6,11H,7-10H2,(H,16,19). The van der Waals surface area contributed by atoms with E-state index in [0.29, 0.717) is 26.2 Å². The van der Waals surface area contributed by atoms with Gasteiger partial charge >= 0.3 is 0 Å². The molecule has 0 radical (unpaired) electrons. The first-order valence-electron chi connectivity index (χ1n) is 6.92. The first kappa shape index (κ1) is 14.7. The quantitative estimate of drug-likeness (QED) is 0.878. The van der Waals surface area contributed by atoms with Gasteiger partial charge in [0.1, 0.15) is 5.82 Å². The van der Waals surface area contributed by atoms with Gasteiger partial charge in [0, 0.05) is 44.6 Å². The van der Waals surface area contributed by atoms with Crippen LogP contribution in [0.15, 0.2) is 52.4 Å². The van der Waals surface area contributed by atoms with Crippen LogP contribution in [0.1, 0.15) is 0 Å². The molecule has 1 fully saturated rings. The average Bonchev–Trinajstić information content (AvgIpc) is 2.56. The van der Waals surface area contributed by atoms with Gasteiger partial charge in [-0.15, -0.1) is 0 Å². The van der Waals surface area contributed by atoms with Gasteiger partial charge in [0.15, 0.2) is 0 Å². The molecule has 1 saturated heterocycles. The van der Waals surface area contributed by atoms with E-state index in [1.807, 2.05) is 18.2 Å². The fraction of sp³-hybridized carbons (Fsp3) is 0.286. The highest BCUT2D eigenvalue weighted by molar-refractivity contribution is 7.89. The van der Waals surface area contributed by atoms with Crippen LogP contribution in [0, 0.1) is 0 Å². The minimum atomic E-state index is -3.57. The van der Waals surface area contributed by atoms with Gasteiger partial charge in [0.25, 0.3) is 0 Å². The molecule has 22 heavy (non-hydrogen) atoms. The Morgan fingerprint density at radius 3 is 2.41 bits per heavy atom. The molecule has 1 aliphatic rings. The summed E-state index contributed by atoms with van der Waals surface area (Å²) in [6.45, 7) is 1.94. The fourth-order valence-corrected chi connectivity index (χ4v) is 3.79. The molecule has 8 heteroatoms.